The second-order valence-corrected chi connectivity index (χ2v) is 5.75. The average Bonchev–Trinajstić information content (AvgIpc) is 2.55. The number of nitrogens with zero attached hydrogens (tertiary/aromatic N) is 2. The zero-order chi connectivity index (χ0) is 12.8. The highest BCUT2D eigenvalue weighted by molar-refractivity contribution is 5.90. The van der Waals surface area contributed by atoms with Gasteiger partial charge in [0.15, 0.2) is 0 Å². The molecule has 1 aromatic heterocycles. The molecule has 1 amide bonds. The molecule has 1 aliphatic rings. The van der Waals surface area contributed by atoms with Gasteiger partial charge in [-0.05, 0) is 16.7 Å². The highest BCUT2D eigenvalue weighted by atomic mass is 16.2. The number of carbonyl (C=O) groups excluding carboxylic acids is 1. The van der Waals surface area contributed by atoms with Crippen LogP contribution < -0.4 is 11.1 Å². The summed E-state index contributed by atoms with van der Waals surface area (Å²) in [5.74, 6) is 0.480. The number of hydrogen-bond acceptors (Lipinski definition) is 4. The first-order chi connectivity index (χ1) is 7.76. The van der Waals surface area contributed by atoms with Crippen molar-refractivity contribution in [1.29, 1.82) is 0 Å². The quantitative estimate of drug-likeness (QED) is 0.724. The monoisotopic (exact) mass is 237 g/mol. The van der Waals surface area contributed by atoms with Crippen molar-refractivity contribution in [2.45, 2.75) is 27.7 Å². The van der Waals surface area contributed by atoms with E-state index in [4.69, 9.17) is 5.73 Å². The molecule has 0 bridgehead atoms. The Balaban J connectivity index is 1.91. The molecule has 94 valence electrons. The van der Waals surface area contributed by atoms with E-state index in [0.717, 1.165) is 0 Å². The van der Waals surface area contributed by atoms with E-state index in [9.17, 15) is 4.79 Å². The molecule has 0 aliphatic heterocycles. The maximum atomic E-state index is 11.7. The smallest absolute Gasteiger partial charge is 0.288 e. The fourth-order valence-electron chi connectivity index (χ4n) is 2.50. The van der Waals surface area contributed by atoms with Gasteiger partial charge < -0.3 is 11.1 Å². The molecule has 0 atom stereocenters. The maximum Gasteiger partial charge on any atom is 0.288 e. The molecule has 0 aromatic carbocycles. The Bertz CT molecular complexity index is 434. The number of rotatable bonds is 3. The summed E-state index contributed by atoms with van der Waals surface area (Å²) in [5.41, 5.74) is 5.87. The molecule has 0 saturated heterocycles. The van der Waals surface area contributed by atoms with E-state index in [1.54, 1.807) is 0 Å². The number of amides is 1. The lowest BCUT2D eigenvalue weighted by Crippen LogP contribution is -2.28. The van der Waals surface area contributed by atoms with Crippen LogP contribution in [0.3, 0.4) is 0 Å². The van der Waals surface area contributed by atoms with Crippen molar-refractivity contribution >= 4 is 11.9 Å². The van der Waals surface area contributed by atoms with Gasteiger partial charge in [0.25, 0.3) is 5.91 Å². The fraction of sp³-hybridized carbons (Fsp3) is 0.727. The number of aromatic nitrogens is 3. The average molecular weight is 237 g/mol. The number of anilines is 1. The van der Waals surface area contributed by atoms with Crippen LogP contribution in [0.25, 0.3) is 0 Å². The third-order valence-corrected chi connectivity index (χ3v) is 4.50. The predicted octanol–water partition coefficient (Wildman–Crippen LogP) is 0.799. The lowest BCUT2D eigenvalue weighted by molar-refractivity contribution is 0.0940. The van der Waals surface area contributed by atoms with Gasteiger partial charge in [0, 0.05) is 6.54 Å². The van der Waals surface area contributed by atoms with Crippen molar-refractivity contribution in [3.63, 3.8) is 0 Å². The highest BCUT2D eigenvalue weighted by Crippen LogP contribution is 2.67. The van der Waals surface area contributed by atoms with Crippen LogP contribution in [-0.2, 0) is 0 Å². The largest absolute Gasteiger partial charge is 0.366 e. The Labute approximate surface area is 100 Å². The number of aromatic amines is 1. The maximum absolute atomic E-state index is 11.7. The van der Waals surface area contributed by atoms with Crippen molar-refractivity contribution in [3.05, 3.63) is 5.82 Å². The fourth-order valence-corrected chi connectivity index (χ4v) is 2.50. The van der Waals surface area contributed by atoms with Crippen LogP contribution >= 0.6 is 0 Å². The van der Waals surface area contributed by atoms with Gasteiger partial charge in [-0.1, -0.05) is 27.7 Å². The van der Waals surface area contributed by atoms with Gasteiger partial charge in [-0.2, -0.15) is 4.98 Å². The second-order valence-electron chi connectivity index (χ2n) is 5.75. The molecule has 1 aromatic rings. The summed E-state index contributed by atoms with van der Waals surface area (Å²) in [5, 5.41) is 8.97. The number of nitrogens with one attached hydrogen (secondary N) is 2. The molecule has 1 heterocycles. The zero-order valence-corrected chi connectivity index (χ0v) is 10.7. The molecule has 0 unspecified atom stereocenters. The number of H-pyrrole nitrogens is 1. The van der Waals surface area contributed by atoms with Gasteiger partial charge in [-0.25, -0.2) is 0 Å². The molecule has 6 nitrogen and oxygen atoms in total. The van der Waals surface area contributed by atoms with E-state index in [1.165, 1.54) is 0 Å². The van der Waals surface area contributed by atoms with Crippen LogP contribution in [0.5, 0.6) is 0 Å². The van der Waals surface area contributed by atoms with Gasteiger partial charge in [-0.15, -0.1) is 5.10 Å². The van der Waals surface area contributed by atoms with Crippen molar-refractivity contribution in [1.82, 2.24) is 20.5 Å². The van der Waals surface area contributed by atoms with Crippen LogP contribution in [0, 0.1) is 16.7 Å². The summed E-state index contributed by atoms with van der Waals surface area (Å²) in [7, 11) is 0. The molecule has 2 rings (SSSR count). The van der Waals surface area contributed by atoms with E-state index in [1.807, 2.05) is 0 Å². The molecule has 6 heteroatoms. The topological polar surface area (TPSA) is 96.7 Å². The Hall–Kier alpha value is -1.59. The Morgan fingerprint density at radius 1 is 1.41 bits per heavy atom. The van der Waals surface area contributed by atoms with Crippen LogP contribution in [0.1, 0.15) is 38.3 Å². The minimum atomic E-state index is -0.257. The van der Waals surface area contributed by atoms with Crippen LogP contribution in [0.2, 0.25) is 0 Å². The summed E-state index contributed by atoms with van der Waals surface area (Å²) in [4.78, 5) is 15.5. The SMILES string of the molecule is CC1(C)C(CNC(=O)c2nc(N)n[nH]2)C1(C)C. The summed E-state index contributed by atoms with van der Waals surface area (Å²) in [6, 6.07) is 0. The first kappa shape index (κ1) is 11.9. The first-order valence-electron chi connectivity index (χ1n) is 5.73. The summed E-state index contributed by atoms with van der Waals surface area (Å²) in [6.07, 6.45) is 0. The number of hydrogen-bond donors (Lipinski definition) is 3. The van der Waals surface area contributed by atoms with Crippen molar-refractivity contribution < 1.29 is 4.79 Å². The van der Waals surface area contributed by atoms with Gasteiger partial charge in [0.2, 0.25) is 11.8 Å². The number of carbonyl (C=O) groups is 1. The lowest BCUT2D eigenvalue weighted by Gasteiger charge is -2.04. The summed E-state index contributed by atoms with van der Waals surface area (Å²) < 4.78 is 0. The minimum Gasteiger partial charge on any atom is -0.366 e. The molecular formula is C11H19N5O. The Morgan fingerprint density at radius 3 is 2.41 bits per heavy atom. The second kappa shape index (κ2) is 3.45. The molecule has 0 spiro atoms. The normalized spacial score (nSPS) is 21.2. The zero-order valence-electron chi connectivity index (χ0n) is 10.7. The first-order valence-corrected chi connectivity index (χ1v) is 5.73. The van der Waals surface area contributed by atoms with E-state index in [2.05, 4.69) is 48.2 Å². The van der Waals surface area contributed by atoms with Crippen molar-refractivity contribution in [2.75, 3.05) is 12.3 Å². The van der Waals surface area contributed by atoms with E-state index in [0.29, 0.717) is 12.5 Å². The van der Waals surface area contributed by atoms with Crippen LogP contribution in [-0.4, -0.2) is 27.6 Å². The molecule has 4 N–H and O–H groups in total. The predicted molar refractivity (Wildman–Crippen MR) is 64.2 cm³/mol. The minimum absolute atomic E-state index is 0.0854. The lowest BCUT2D eigenvalue weighted by atomic mass is 10.0. The molecular weight excluding hydrogens is 218 g/mol. The van der Waals surface area contributed by atoms with Gasteiger partial charge >= 0.3 is 0 Å². The van der Waals surface area contributed by atoms with Crippen molar-refractivity contribution in [3.8, 4) is 0 Å². The summed E-state index contributed by atoms with van der Waals surface area (Å²) in [6.45, 7) is 9.53. The standard InChI is InChI=1S/C11H19N5O/c1-10(2)6(11(10,3)4)5-13-8(17)7-14-9(12)16-15-7/h6H,5H2,1-4H3,(H,13,17)(H3,12,14,15,16). The van der Waals surface area contributed by atoms with E-state index >= 15 is 0 Å². The van der Waals surface area contributed by atoms with Gasteiger partial charge in [-0.3, -0.25) is 9.89 Å². The van der Waals surface area contributed by atoms with Crippen LogP contribution in [0.15, 0.2) is 0 Å². The molecule has 1 fully saturated rings. The van der Waals surface area contributed by atoms with E-state index < -0.39 is 0 Å². The van der Waals surface area contributed by atoms with Gasteiger partial charge in [0.05, 0.1) is 0 Å². The number of nitrogen functional groups attached to an aromatic ring is 1. The van der Waals surface area contributed by atoms with Crippen molar-refractivity contribution in [2.24, 2.45) is 16.7 Å². The third-order valence-electron chi connectivity index (χ3n) is 4.50. The number of nitrogens with two attached hydrogens (primary N) is 1. The highest BCUT2D eigenvalue weighted by Gasteiger charge is 2.64. The Kier molecular flexibility index (Phi) is 2.41. The van der Waals surface area contributed by atoms with E-state index in [-0.39, 0.29) is 28.5 Å². The van der Waals surface area contributed by atoms with Crippen LogP contribution in [0.4, 0.5) is 5.95 Å². The van der Waals surface area contributed by atoms with Gasteiger partial charge in [0.1, 0.15) is 0 Å². The molecule has 0 radical (unpaired) electrons. The molecule has 1 aliphatic carbocycles. The third kappa shape index (κ3) is 1.77. The Morgan fingerprint density at radius 2 is 2.00 bits per heavy atom. The molecule has 1 saturated carbocycles. The molecule has 17 heavy (non-hydrogen) atoms. The summed E-state index contributed by atoms with van der Waals surface area (Å²) >= 11 is 0.